The van der Waals surface area contributed by atoms with Crippen molar-refractivity contribution in [3.05, 3.63) is 40.9 Å². The second-order valence-electron chi connectivity index (χ2n) is 3.79. The lowest BCUT2D eigenvalue weighted by atomic mass is 10.1. The van der Waals surface area contributed by atoms with Gasteiger partial charge in [0.15, 0.2) is 0 Å². The normalized spacial score (nSPS) is 13.0. The fourth-order valence-electron chi connectivity index (χ4n) is 1.44. The van der Waals surface area contributed by atoms with Crippen LogP contribution in [0.1, 0.15) is 30.6 Å². The summed E-state index contributed by atoms with van der Waals surface area (Å²) < 4.78 is 25.1. The molecule has 17 heavy (non-hydrogen) atoms. The molecule has 0 radical (unpaired) electrons. The fourth-order valence-corrected chi connectivity index (χ4v) is 2.36. The second-order valence-corrected chi connectivity index (χ2v) is 4.65. The molecule has 0 bridgehead atoms. The summed E-state index contributed by atoms with van der Waals surface area (Å²) in [4.78, 5) is 4.33. The monoisotopic (exact) mass is 254 g/mol. The van der Waals surface area contributed by atoms with Crippen molar-refractivity contribution in [1.82, 2.24) is 4.98 Å². The molecule has 0 aliphatic rings. The van der Waals surface area contributed by atoms with Crippen molar-refractivity contribution in [2.75, 3.05) is 0 Å². The topological polar surface area (TPSA) is 38.9 Å². The van der Waals surface area contributed by atoms with Crippen molar-refractivity contribution in [2.24, 2.45) is 5.73 Å². The number of nitrogens with two attached hydrogens (primary N) is 1. The zero-order valence-corrected chi connectivity index (χ0v) is 10.0. The van der Waals surface area contributed by atoms with Crippen LogP contribution in [0.15, 0.2) is 29.6 Å². The van der Waals surface area contributed by atoms with Crippen LogP contribution in [0, 0.1) is 0 Å². The van der Waals surface area contributed by atoms with Crippen LogP contribution in [-0.2, 0) is 0 Å². The first-order valence-corrected chi connectivity index (χ1v) is 6.05. The highest BCUT2D eigenvalue weighted by atomic mass is 32.1. The predicted molar refractivity (Wildman–Crippen MR) is 65.1 cm³/mol. The van der Waals surface area contributed by atoms with Crippen molar-refractivity contribution < 1.29 is 8.78 Å². The second kappa shape index (κ2) is 4.89. The Morgan fingerprint density at radius 3 is 2.71 bits per heavy atom. The Morgan fingerprint density at radius 2 is 2.12 bits per heavy atom. The summed E-state index contributed by atoms with van der Waals surface area (Å²) >= 11 is 1.42. The van der Waals surface area contributed by atoms with Gasteiger partial charge in [-0.2, -0.15) is 0 Å². The zero-order chi connectivity index (χ0) is 12.4. The first-order chi connectivity index (χ1) is 8.08. The largest absolute Gasteiger partial charge is 0.323 e. The van der Waals surface area contributed by atoms with E-state index in [4.69, 9.17) is 5.73 Å². The minimum absolute atomic E-state index is 0.0139. The summed E-state index contributed by atoms with van der Waals surface area (Å²) in [6.45, 7) is 1.84. The highest BCUT2D eigenvalue weighted by Crippen LogP contribution is 2.28. The SMILES string of the molecule is CC(N)c1csc(-c2cccc(C(F)F)c2)n1. The van der Waals surface area contributed by atoms with Gasteiger partial charge in [0.25, 0.3) is 6.43 Å². The Balaban J connectivity index is 2.35. The van der Waals surface area contributed by atoms with E-state index in [-0.39, 0.29) is 11.6 Å². The van der Waals surface area contributed by atoms with E-state index in [0.29, 0.717) is 5.56 Å². The third-order valence-corrected chi connectivity index (χ3v) is 3.28. The molecule has 90 valence electrons. The minimum Gasteiger partial charge on any atom is -0.323 e. The molecule has 0 saturated heterocycles. The van der Waals surface area contributed by atoms with E-state index in [9.17, 15) is 8.78 Å². The van der Waals surface area contributed by atoms with E-state index in [2.05, 4.69) is 4.98 Å². The van der Waals surface area contributed by atoms with Gasteiger partial charge in [0.1, 0.15) is 5.01 Å². The number of halogens is 2. The van der Waals surface area contributed by atoms with Gasteiger partial charge in [-0.1, -0.05) is 18.2 Å². The Bertz CT molecular complexity index is 509. The van der Waals surface area contributed by atoms with Crippen molar-refractivity contribution in [2.45, 2.75) is 19.4 Å². The lowest BCUT2D eigenvalue weighted by Gasteiger charge is -2.02. The average Bonchev–Trinajstić information content (AvgIpc) is 2.78. The molecule has 5 heteroatoms. The number of rotatable bonds is 3. The number of benzene rings is 1. The quantitative estimate of drug-likeness (QED) is 0.905. The number of hydrogen-bond acceptors (Lipinski definition) is 3. The lowest BCUT2D eigenvalue weighted by Crippen LogP contribution is -2.04. The molecule has 2 N–H and O–H groups in total. The molecule has 0 saturated carbocycles. The molecule has 0 amide bonds. The molecule has 1 atom stereocenters. The first-order valence-electron chi connectivity index (χ1n) is 5.17. The van der Waals surface area contributed by atoms with E-state index in [0.717, 1.165) is 10.7 Å². The van der Waals surface area contributed by atoms with Crippen LogP contribution in [0.25, 0.3) is 10.6 Å². The molecule has 0 fully saturated rings. The van der Waals surface area contributed by atoms with Crippen LogP contribution in [0.4, 0.5) is 8.78 Å². The maximum Gasteiger partial charge on any atom is 0.263 e. The van der Waals surface area contributed by atoms with Crippen molar-refractivity contribution in [3.8, 4) is 10.6 Å². The maximum atomic E-state index is 12.6. The minimum atomic E-state index is -2.46. The molecule has 2 nitrogen and oxygen atoms in total. The number of thiazole rings is 1. The summed E-state index contributed by atoms with van der Waals surface area (Å²) in [7, 11) is 0. The number of nitrogens with zero attached hydrogens (tertiary/aromatic N) is 1. The van der Waals surface area contributed by atoms with Crippen molar-refractivity contribution in [1.29, 1.82) is 0 Å². The van der Waals surface area contributed by atoms with Gasteiger partial charge in [-0.3, -0.25) is 0 Å². The van der Waals surface area contributed by atoms with Crippen LogP contribution in [-0.4, -0.2) is 4.98 Å². The fraction of sp³-hybridized carbons (Fsp3) is 0.250. The molecule has 0 spiro atoms. The maximum absolute atomic E-state index is 12.6. The molecule has 1 heterocycles. The summed E-state index contributed by atoms with van der Waals surface area (Å²) in [6.07, 6.45) is -2.46. The average molecular weight is 254 g/mol. The predicted octanol–water partition coefficient (Wildman–Crippen LogP) is 3.77. The van der Waals surface area contributed by atoms with Gasteiger partial charge < -0.3 is 5.73 Å². The van der Waals surface area contributed by atoms with E-state index in [1.165, 1.54) is 23.5 Å². The summed E-state index contributed by atoms with van der Waals surface area (Å²) in [5.74, 6) is 0. The molecule has 0 aliphatic heterocycles. The highest BCUT2D eigenvalue weighted by molar-refractivity contribution is 7.13. The summed E-state index contributed by atoms with van der Waals surface area (Å²) in [6, 6.07) is 6.13. The lowest BCUT2D eigenvalue weighted by molar-refractivity contribution is 0.151. The molecule has 1 unspecified atom stereocenters. The smallest absolute Gasteiger partial charge is 0.263 e. The van der Waals surface area contributed by atoms with Gasteiger partial charge in [-0.25, -0.2) is 13.8 Å². The molecular weight excluding hydrogens is 242 g/mol. The molecular formula is C12H12F2N2S. The first kappa shape index (κ1) is 12.1. The Labute approximate surface area is 102 Å². The molecule has 2 rings (SSSR count). The molecule has 0 aliphatic carbocycles. The van der Waals surface area contributed by atoms with E-state index >= 15 is 0 Å². The Morgan fingerprint density at radius 1 is 1.35 bits per heavy atom. The van der Waals surface area contributed by atoms with Crippen LogP contribution in [0.2, 0.25) is 0 Å². The van der Waals surface area contributed by atoms with Gasteiger partial charge in [0, 0.05) is 22.5 Å². The van der Waals surface area contributed by atoms with Gasteiger partial charge in [0.05, 0.1) is 5.69 Å². The highest BCUT2D eigenvalue weighted by Gasteiger charge is 2.11. The van der Waals surface area contributed by atoms with E-state index in [1.54, 1.807) is 12.1 Å². The van der Waals surface area contributed by atoms with Gasteiger partial charge in [-0.15, -0.1) is 11.3 Å². The molecule has 1 aromatic carbocycles. The molecule has 1 aromatic heterocycles. The summed E-state index contributed by atoms with van der Waals surface area (Å²) in [5.41, 5.74) is 7.21. The Hall–Kier alpha value is -1.33. The molecule has 2 aromatic rings. The van der Waals surface area contributed by atoms with Crippen LogP contribution in [0.3, 0.4) is 0 Å². The van der Waals surface area contributed by atoms with Crippen LogP contribution >= 0.6 is 11.3 Å². The standard InChI is InChI=1S/C12H12F2N2S/c1-7(15)10-6-17-12(16-10)9-4-2-3-8(5-9)11(13)14/h2-7,11H,15H2,1H3. The van der Waals surface area contributed by atoms with Crippen molar-refractivity contribution >= 4 is 11.3 Å². The number of aromatic nitrogens is 1. The van der Waals surface area contributed by atoms with Crippen LogP contribution < -0.4 is 5.73 Å². The third-order valence-electron chi connectivity index (χ3n) is 2.37. The van der Waals surface area contributed by atoms with Gasteiger partial charge in [-0.05, 0) is 13.0 Å². The van der Waals surface area contributed by atoms with Crippen molar-refractivity contribution in [3.63, 3.8) is 0 Å². The number of alkyl halides is 2. The van der Waals surface area contributed by atoms with Gasteiger partial charge >= 0.3 is 0 Å². The number of hydrogen-bond donors (Lipinski definition) is 1. The zero-order valence-electron chi connectivity index (χ0n) is 9.23. The summed E-state index contributed by atoms with van der Waals surface area (Å²) in [5, 5.41) is 2.58. The van der Waals surface area contributed by atoms with E-state index in [1.807, 2.05) is 12.3 Å². The Kier molecular flexibility index (Phi) is 3.49. The van der Waals surface area contributed by atoms with Crippen LogP contribution in [0.5, 0.6) is 0 Å². The van der Waals surface area contributed by atoms with Gasteiger partial charge in [0.2, 0.25) is 0 Å². The third kappa shape index (κ3) is 2.68. The van der Waals surface area contributed by atoms with E-state index < -0.39 is 6.43 Å².